The molecule has 2 aromatic heterocycles. The Labute approximate surface area is 180 Å². The van der Waals surface area contributed by atoms with Gasteiger partial charge in [-0.25, -0.2) is 8.42 Å². The quantitative estimate of drug-likeness (QED) is 0.589. The molecule has 30 heavy (non-hydrogen) atoms. The van der Waals surface area contributed by atoms with Gasteiger partial charge in [-0.2, -0.15) is 0 Å². The second-order valence-corrected chi connectivity index (χ2v) is 10.6. The molecule has 1 aliphatic rings. The lowest BCUT2D eigenvalue weighted by Crippen LogP contribution is -2.34. The fourth-order valence-corrected chi connectivity index (χ4v) is 6.44. The Morgan fingerprint density at radius 1 is 1.23 bits per heavy atom. The van der Waals surface area contributed by atoms with Crippen molar-refractivity contribution in [1.29, 1.82) is 0 Å². The number of aromatic nitrogens is 1. The van der Waals surface area contributed by atoms with Crippen molar-refractivity contribution in [1.82, 2.24) is 10.3 Å². The predicted molar refractivity (Wildman–Crippen MR) is 115 cm³/mol. The van der Waals surface area contributed by atoms with Gasteiger partial charge in [0.25, 0.3) is 5.91 Å². The molecule has 1 amide bonds. The van der Waals surface area contributed by atoms with Crippen LogP contribution in [0.15, 0.2) is 58.1 Å². The van der Waals surface area contributed by atoms with Crippen molar-refractivity contribution in [3.8, 4) is 0 Å². The standard InChI is InChI=1S/C22H23ClN2O4S/c1-14-10-17(23)4-7-21(14)30(27,28)18-5-2-15(3-6-18)12-25-22(26)19-11-16-8-9-24-13-20(16)29-19/h2-3,5-6,8-9,11,13-14,17,21H,4,7,10,12H2,1H3,(H,25,26). The molecule has 3 aromatic rings. The maximum absolute atomic E-state index is 13.0. The molecular formula is C22H23ClN2O4S. The van der Waals surface area contributed by atoms with Crippen LogP contribution in [0, 0.1) is 5.92 Å². The fourth-order valence-electron chi connectivity index (χ4n) is 4.00. The van der Waals surface area contributed by atoms with E-state index < -0.39 is 15.1 Å². The van der Waals surface area contributed by atoms with Crippen LogP contribution in [0.1, 0.15) is 42.3 Å². The molecule has 4 rings (SSSR count). The average Bonchev–Trinajstić information content (AvgIpc) is 3.16. The number of hydrogen-bond acceptors (Lipinski definition) is 5. The van der Waals surface area contributed by atoms with E-state index in [2.05, 4.69) is 10.3 Å². The summed E-state index contributed by atoms with van der Waals surface area (Å²) in [6.07, 6.45) is 5.22. The second-order valence-electron chi connectivity index (χ2n) is 7.82. The Bertz CT molecular complexity index is 1120. The van der Waals surface area contributed by atoms with Crippen molar-refractivity contribution in [2.24, 2.45) is 5.92 Å². The molecule has 3 unspecified atom stereocenters. The number of furan rings is 1. The summed E-state index contributed by atoms with van der Waals surface area (Å²) in [4.78, 5) is 16.6. The maximum Gasteiger partial charge on any atom is 0.287 e. The van der Waals surface area contributed by atoms with Gasteiger partial charge >= 0.3 is 0 Å². The third-order valence-electron chi connectivity index (χ3n) is 5.68. The molecule has 3 atom stereocenters. The van der Waals surface area contributed by atoms with Gasteiger partial charge in [0.1, 0.15) is 0 Å². The van der Waals surface area contributed by atoms with Crippen molar-refractivity contribution in [3.05, 3.63) is 60.1 Å². The highest BCUT2D eigenvalue weighted by Crippen LogP contribution is 2.35. The SMILES string of the molecule is CC1CC(Cl)CCC1S(=O)(=O)c1ccc(CNC(=O)c2cc3ccncc3o2)cc1. The number of sulfone groups is 1. The van der Waals surface area contributed by atoms with Crippen molar-refractivity contribution >= 4 is 38.3 Å². The number of nitrogens with one attached hydrogen (secondary N) is 1. The molecule has 6 nitrogen and oxygen atoms in total. The van der Waals surface area contributed by atoms with Gasteiger partial charge in [0.05, 0.1) is 16.3 Å². The van der Waals surface area contributed by atoms with Crippen LogP contribution in [0.2, 0.25) is 0 Å². The van der Waals surface area contributed by atoms with Crippen molar-refractivity contribution < 1.29 is 17.6 Å². The summed E-state index contributed by atoms with van der Waals surface area (Å²) in [5.74, 6) is -0.0974. The molecule has 2 heterocycles. The number of alkyl halides is 1. The highest BCUT2D eigenvalue weighted by atomic mass is 35.5. The summed E-state index contributed by atoms with van der Waals surface area (Å²) in [6.45, 7) is 2.22. The first-order chi connectivity index (χ1) is 14.3. The van der Waals surface area contributed by atoms with Gasteiger partial charge in [-0.15, -0.1) is 11.6 Å². The minimum absolute atomic E-state index is 0.0317. The van der Waals surface area contributed by atoms with Gasteiger partial charge in [0.15, 0.2) is 21.2 Å². The van der Waals surface area contributed by atoms with Gasteiger partial charge in [0.2, 0.25) is 0 Å². The van der Waals surface area contributed by atoms with Crippen molar-refractivity contribution in [2.75, 3.05) is 0 Å². The molecule has 0 bridgehead atoms. The minimum Gasteiger partial charge on any atom is -0.449 e. The van der Waals surface area contributed by atoms with Crippen LogP contribution in [0.5, 0.6) is 0 Å². The lowest BCUT2D eigenvalue weighted by molar-refractivity contribution is 0.0925. The Morgan fingerprint density at radius 2 is 2.00 bits per heavy atom. The number of hydrogen-bond donors (Lipinski definition) is 1. The van der Waals surface area contributed by atoms with Gasteiger partial charge in [-0.1, -0.05) is 19.1 Å². The van der Waals surface area contributed by atoms with E-state index in [1.54, 1.807) is 48.8 Å². The zero-order valence-corrected chi connectivity index (χ0v) is 18.1. The molecule has 1 aromatic carbocycles. The normalized spacial score (nSPS) is 22.1. The molecule has 1 saturated carbocycles. The average molecular weight is 447 g/mol. The maximum atomic E-state index is 13.0. The molecule has 1 aliphatic carbocycles. The van der Waals surface area contributed by atoms with E-state index in [1.165, 1.54) is 0 Å². The monoisotopic (exact) mass is 446 g/mol. The Morgan fingerprint density at radius 3 is 2.70 bits per heavy atom. The molecule has 0 aliphatic heterocycles. The number of amides is 1. The largest absolute Gasteiger partial charge is 0.449 e. The van der Waals surface area contributed by atoms with Crippen LogP contribution in [0.4, 0.5) is 0 Å². The van der Waals surface area contributed by atoms with E-state index >= 15 is 0 Å². The molecule has 1 N–H and O–H groups in total. The summed E-state index contributed by atoms with van der Waals surface area (Å²) >= 11 is 6.18. The van der Waals surface area contributed by atoms with Gasteiger partial charge in [-0.05, 0) is 55.0 Å². The summed E-state index contributed by atoms with van der Waals surface area (Å²) in [7, 11) is -3.41. The summed E-state index contributed by atoms with van der Waals surface area (Å²) in [5.41, 5.74) is 1.35. The molecule has 0 spiro atoms. The van der Waals surface area contributed by atoms with E-state index in [1.807, 2.05) is 6.92 Å². The zero-order chi connectivity index (χ0) is 21.3. The number of carbonyl (C=O) groups is 1. The molecule has 158 valence electrons. The number of pyridine rings is 1. The Balaban J connectivity index is 1.41. The zero-order valence-electron chi connectivity index (χ0n) is 16.5. The smallest absolute Gasteiger partial charge is 0.287 e. The Kier molecular flexibility index (Phi) is 5.84. The van der Waals surface area contributed by atoms with Crippen LogP contribution in [0.25, 0.3) is 11.0 Å². The first-order valence-corrected chi connectivity index (χ1v) is 11.9. The van der Waals surface area contributed by atoms with E-state index in [0.717, 1.165) is 17.4 Å². The molecule has 0 radical (unpaired) electrons. The van der Waals surface area contributed by atoms with Crippen LogP contribution in [-0.4, -0.2) is 29.9 Å². The van der Waals surface area contributed by atoms with Gasteiger partial charge in [-0.3, -0.25) is 9.78 Å². The van der Waals surface area contributed by atoms with E-state index in [4.69, 9.17) is 16.0 Å². The van der Waals surface area contributed by atoms with E-state index in [-0.39, 0.29) is 29.5 Å². The Hall–Kier alpha value is -2.38. The number of benzene rings is 1. The second kappa shape index (κ2) is 8.40. The van der Waals surface area contributed by atoms with Crippen molar-refractivity contribution in [2.45, 2.75) is 48.3 Å². The number of carbonyl (C=O) groups excluding carboxylic acids is 1. The molecular weight excluding hydrogens is 424 g/mol. The first-order valence-electron chi connectivity index (χ1n) is 9.93. The first kappa shape index (κ1) is 20.9. The lowest BCUT2D eigenvalue weighted by atomic mass is 9.90. The summed E-state index contributed by atoms with van der Waals surface area (Å²) < 4.78 is 31.5. The number of nitrogens with zero attached hydrogens (tertiary/aromatic N) is 1. The predicted octanol–water partition coefficient (Wildman–Crippen LogP) is 4.33. The highest BCUT2D eigenvalue weighted by Gasteiger charge is 2.36. The number of halogens is 1. The van der Waals surface area contributed by atoms with Crippen molar-refractivity contribution in [3.63, 3.8) is 0 Å². The third-order valence-corrected chi connectivity index (χ3v) is 8.50. The summed E-state index contributed by atoms with van der Waals surface area (Å²) in [5, 5.41) is 3.25. The third kappa shape index (κ3) is 4.23. The van der Waals surface area contributed by atoms with E-state index in [9.17, 15) is 13.2 Å². The molecule has 8 heteroatoms. The molecule has 1 fully saturated rings. The van der Waals surface area contributed by atoms with Gasteiger partial charge < -0.3 is 9.73 Å². The van der Waals surface area contributed by atoms with Gasteiger partial charge in [0, 0.05) is 23.5 Å². The van der Waals surface area contributed by atoms with Crippen LogP contribution < -0.4 is 5.32 Å². The van der Waals surface area contributed by atoms with Crippen LogP contribution in [0.3, 0.4) is 0 Å². The van der Waals surface area contributed by atoms with Crippen LogP contribution >= 0.6 is 11.6 Å². The minimum atomic E-state index is -3.41. The number of fused-ring (bicyclic) bond motifs is 1. The lowest BCUT2D eigenvalue weighted by Gasteiger charge is -2.31. The molecule has 0 saturated heterocycles. The topological polar surface area (TPSA) is 89.3 Å². The number of rotatable bonds is 5. The summed E-state index contributed by atoms with van der Waals surface area (Å²) in [6, 6.07) is 10.1. The fraction of sp³-hybridized carbons (Fsp3) is 0.364. The van der Waals surface area contributed by atoms with E-state index in [0.29, 0.717) is 23.3 Å². The highest BCUT2D eigenvalue weighted by molar-refractivity contribution is 7.92. The van der Waals surface area contributed by atoms with Crippen LogP contribution in [-0.2, 0) is 16.4 Å².